The van der Waals surface area contributed by atoms with E-state index < -0.39 is 6.10 Å². The summed E-state index contributed by atoms with van der Waals surface area (Å²) in [5.41, 5.74) is 1.82. The molecular formula is C21H28N2O2. The van der Waals surface area contributed by atoms with Crippen molar-refractivity contribution in [2.45, 2.75) is 25.9 Å². The summed E-state index contributed by atoms with van der Waals surface area (Å²) in [6.45, 7) is 8.16. The summed E-state index contributed by atoms with van der Waals surface area (Å²) in [6.07, 6.45) is 5.45. The molecule has 1 saturated heterocycles. The van der Waals surface area contributed by atoms with Gasteiger partial charge in [0.15, 0.2) is 0 Å². The van der Waals surface area contributed by atoms with Crippen LogP contribution in [0.5, 0.6) is 5.75 Å². The van der Waals surface area contributed by atoms with Gasteiger partial charge in [0.05, 0.1) is 18.7 Å². The summed E-state index contributed by atoms with van der Waals surface area (Å²) < 4.78 is 5.34. The zero-order chi connectivity index (χ0) is 17.8. The number of pyridine rings is 1. The van der Waals surface area contributed by atoms with Crippen LogP contribution in [0.4, 0.5) is 0 Å². The second kappa shape index (κ2) is 7.98. The number of aliphatic hydroxyl groups excluding tert-OH is 1. The number of piperidine rings is 1. The smallest absolute Gasteiger partial charge is 0.119 e. The molecule has 134 valence electrons. The van der Waals surface area contributed by atoms with E-state index in [1.807, 2.05) is 24.3 Å². The van der Waals surface area contributed by atoms with E-state index in [-0.39, 0.29) is 5.92 Å². The minimum absolute atomic E-state index is 0.169. The first-order chi connectivity index (χ1) is 12.1. The number of nitrogens with one attached hydrogen (secondary N) is 1. The Morgan fingerprint density at radius 1 is 1.44 bits per heavy atom. The topological polar surface area (TPSA) is 54.4 Å². The van der Waals surface area contributed by atoms with E-state index in [0.717, 1.165) is 48.1 Å². The first-order valence-corrected chi connectivity index (χ1v) is 9.08. The minimum atomic E-state index is -0.516. The van der Waals surface area contributed by atoms with Gasteiger partial charge >= 0.3 is 0 Å². The van der Waals surface area contributed by atoms with Crippen molar-refractivity contribution in [3.8, 4) is 5.75 Å². The normalized spacial score (nSPS) is 23.2. The molecule has 1 aromatic carbocycles. The molecular weight excluding hydrogens is 312 g/mol. The number of hydrogen-bond acceptors (Lipinski definition) is 4. The average Bonchev–Trinajstić information content (AvgIpc) is 2.66. The van der Waals surface area contributed by atoms with E-state index in [9.17, 15) is 5.11 Å². The predicted molar refractivity (Wildman–Crippen MR) is 102 cm³/mol. The van der Waals surface area contributed by atoms with E-state index in [2.05, 4.69) is 29.9 Å². The van der Waals surface area contributed by atoms with Gasteiger partial charge in [0.2, 0.25) is 0 Å². The molecule has 4 nitrogen and oxygen atoms in total. The molecule has 1 aromatic heterocycles. The molecule has 0 aliphatic carbocycles. The molecule has 2 heterocycles. The molecule has 2 N–H and O–H groups in total. The fourth-order valence-corrected chi connectivity index (χ4v) is 3.95. The third-order valence-electron chi connectivity index (χ3n) is 5.49. The Morgan fingerprint density at radius 2 is 2.28 bits per heavy atom. The van der Waals surface area contributed by atoms with Gasteiger partial charge in [0.25, 0.3) is 0 Å². The molecule has 0 radical (unpaired) electrons. The van der Waals surface area contributed by atoms with Crippen LogP contribution in [0.15, 0.2) is 43.1 Å². The molecule has 4 atom stereocenters. The van der Waals surface area contributed by atoms with Crippen LogP contribution in [0.3, 0.4) is 0 Å². The monoisotopic (exact) mass is 340 g/mol. The molecule has 25 heavy (non-hydrogen) atoms. The Balaban J connectivity index is 1.83. The number of nitrogens with zero attached hydrogens (tertiary/aromatic N) is 1. The molecule has 0 spiro atoms. The summed E-state index contributed by atoms with van der Waals surface area (Å²) in [4.78, 5) is 4.41. The lowest BCUT2D eigenvalue weighted by Crippen LogP contribution is -2.36. The molecule has 1 aliphatic rings. The molecule has 1 fully saturated rings. The van der Waals surface area contributed by atoms with Crippen LogP contribution in [0, 0.1) is 17.8 Å². The molecule has 0 saturated carbocycles. The van der Waals surface area contributed by atoms with Crippen LogP contribution in [0.1, 0.15) is 31.4 Å². The highest BCUT2D eigenvalue weighted by Crippen LogP contribution is 2.35. The second-order valence-corrected chi connectivity index (χ2v) is 7.09. The van der Waals surface area contributed by atoms with Crippen LogP contribution in [-0.2, 0) is 0 Å². The number of aliphatic hydroxyl groups is 1. The van der Waals surface area contributed by atoms with E-state index in [0.29, 0.717) is 11.8 Å². The summed E-state index contributed by atoms with van der Waals surface area (Å²) in [6, 6.07) is 7.73. The van der Waals surface area contributed by atoms with Gasteiger partial charge in [-0.1, -0.05) is 13.0 Å². The van der Waals surface area contributed by atoms with Crippen molar-refractivity contribution < 1.29 is 9.84 Å². The number of methoxy groups -OCH3 is 1. The molecule has 1 aliphatic heterocycles. The lowest BCUT2D eigenvalue weighted by molar-refractivity contribution is 0.0928. The number of aromatic nitrogens is 1. The largest absolute Gasteiger partial charge is 0.497 e. The SMILES string of the molecule is C=CC1CNCCC1C[C@H](C)[C@H](O)c1ccnc2ccc(OC)cc12. The van der Waals surface area contributed by atoms with Gasteiger partial charge in [0.1, 0.15) is 5.75 Å². The van der Waals surface area contributed by atoms with Crippen LogP contribution in [0.2, 0.25) is 0 Å². The first kappa shape index (κ1) is 17.9. The lowest BCUT2D eigenvalue weighted by atomic mass is 9.78. The van der Waals surface area contributed by atoms with Gasteiger partial charge in [-0.25, -0.2) is 0 Å². The maximum Gasteiger partial charge on any atom is 0.119 e. The quantitative estimate of drug-likeness (QED) is 0.787. The predicted octanol–water partition coefficient (Wildman–Crippen LogP) is 3.71. The Kier molecular flexibility index (Phi) is 5.71. The third kappa shape index (κ3) is 3.86. The Morgan fingerprint density at radius 3 is 3.04 bits per heavy atom. The van der Waals surface area contributed by atoms with Crippen molar-refractivity contribution in [1.82, 2.24) is 10.3 Å². The van der Waals surface area contributed by atoms with Crippen molar-refractivity contribution in [2.24, 2.45) is 17.8 Å². The fraction of sp³-hybridized carbons (Fsp3) is 0.476. The lowest BCUT2D eigenvalue weighted by Gasteiger charge is -2.33. The summed E-state index contributed by atoms with van der Waals surface area (Å²) in [5.74, 6) is 2.01. The van der Waals surface area contributed by atoms with Gasteiger partial charge in [-0.3, -0.25) is 4.98 Å². The summed E-state index contributed by atoms with van der Waals surface area (Å²) >= 11 is 0. The van der Waals surface area contributed by atoms with E-state index in [4.69, 9.17) is 4.74 Å². The average molecular weight is 340 g/mol. The van der Waals surface area contributed by atoms with Crippen LogP contribution in [0.25, 0.3) is 10.9 Å². The highest BCUT2D eigenvalue weighted by Gasteiger charge is 2.28. The van der Waals surface area contributed by atoms with Crippen molar-refractivity contribution >= 4 is 10.9 Å². The zero-order valence-electron chi connectivity index (χ0n) is 15.1. The van der Waals surface area contributed by atoms with Gasteiger partial charge in [-0.2, -0.15) is 0 Å². The van der Waals surface area contributed by atoms with Crippen molar-refractivity contribution in [3.63, 3.8) is 0 Å². The zero-order valence-corrected chi connectivity index (χ0v) is 15.1. The van der Waals surface area contributed by atoms with Crippen molar-refractivity contribution in [2.75, 3.05) is 20.2 Å². The second-order valence-electron chi connectivity index (χ2n) is 7.09. The molecule has 0 bridgehead atoms. The maximum atomic E-state index is 11.0. The molecule has 0 amide bonds. The standard InChI is InChI=1S/C21H28N2O2/c1-4-15-13-22-9-7-16(15)11-14(2)21(24)18-8-10-23-20-6-5-17(25-3)12-19(18)20/h4-6,8,10,12,14-16,21-22,24H,1,7,9,11,13H2,2-3H3/t14-,15?,16?,21-/m0/s1. The molecule has 3 rings (SSSR count). The Bertz CT molecular complexity index is 731. The number of ether oxygens (including phenoxy) is 1. The van der Waals surface area contributed by atoms with Gasteiger partial charge < -0.3 is 15.2 Å². The van der Waals surface area contributed by atoms with Crippen LogP contribution >= 0.6 is 0 Å². The fourth-order valence-electron chi connectivity index (χ4n) is 3.95. The van der Waals surface area contributed by atoms with E-state index in [1.165, 1.54) is 0 Å². The third-order valence-corrected chi connectivity index (χ3v) is 5.49. The number of fused-ring (bicyclic) bond motifs is 1. The number of hydrogen-bond donors (Lipinski definition) is 2. The maximum absolute atomic E-state index is 11.0. The molecule has 2 aromatic rings. The minimum Gasteiger partial charge on any atom is -0.497 e. The highest BCUT2D eigenvalue weighted by molar-refractivity contribution is 5.83. The molecule has 4 heteroatoms. The van der Waals surface area contributed by atoms with Gasteiger partial charge in [0, 0.05) is 18.1 Å². The van der Waals surface area contributed by atoms with Crippen molar-refractivity contribution in [1.29, 1.82) is 0 Å². The summed E-state index contributed by atoms with van der Waals surface area (Å²) in [7, 11) is 1.66. The first-order valence-electron chi connectivity index (χ1n) is 9.08. The summed E-state index contributed by atoms with van der Waals surface area (Å²) in [5, 5.41) is 15.4. The van der Waals surface area contributed by atoms with Crippen LogP contribution in [-0.4, -0.2) is 30.3 Å². The Labute approximate surface area is 149 Å². The van der Waals surface area contributed by atoms with Crippen LogP contribution < -0.4 is 10.1 Å². The molecule has 2 unspecified atom stereocenters. The van der Waals surface area contributed by atoms with E-state index in [1.54, 1.807) is 13.3 Å². The van der Waals surface area contributed by atoms with Gasteiger partial charge in [-0.15, -0.1) is 6.58 Å². The highest BCUT2D eigenvalue weighted by atomic mass is 16.5. The Hall–Kier alpha value is -1.91. The van der Waals surface area contributed by atoms with Crippen molar-refractivity contribution in [3.05, 3.63) is 48.7 Å². The van der Waals surface area contributed by atoms with Gasteiger partial charge in [-0.05, 0) is 67.0 Å². The number of rotatable bonds is 6. The van der Waals surface area contributed by atoms with E-state index >= 15 is 0 Å². The number of benzene rings is 1.